The van der Waals surface area contributed by atoms with Gasteiger partial charge in [0.1, 0.15) is 5.78 Å². The molecule has 1 saturated carbocycles. The van der Waals surface area contributed by atoms with Crippen molar-refractivity contribution in [3.63, 3.8) is 0 Å². The van der Waals surface area contributed by atoms with E-state index in [0.29, 0.717) is 12.8 Å². The van der Waals surface area contributed by atoms with Gasteiger partial charge in [-0.1, -0.05) is 65.0 Å². The second kappa shape index (κ2) is 11.6. The van der Waals surface area contributed by atoms with E-state index in [1.54, 1.807) is 6.08 Å². The molecule has 0 heterocycles. The molecule has 4 atom stereocenters. The summed E-state index contributed by atoms with van der Waals surface area (Å²) in [6.07, 6.45) is 9.80. The van der Waals surface area contributed by atoms with Gasteiger partial charge in [-0.05, 0) is 24.7 Å². The lowest BCUT2D eigenvalue weighted by Crippen LogP contribution is -2.28. The number of hydrogen-bond acceptors (Lipinski definition) is 4. The summed E-state index contributed by atoms with van der Waals surface area (Å²) in [6, 6.07) is 0. The van der Waals surface area contributed by atoms with Crippen LogP contribution in [0.2, 0.25) is 0 Å². The number of carbonyl (C=O) groups excluding carboxylic acids is 1. The van der Waals surface area contributed by atoms with Gasteiger partial charge in [0, 0.05) is 24.7 Å². The number of hydrogen-bond donors (Lipinski definition) is 3. The SMILES string of the molecule is CCCCC(C)(C)C(O)C=CC1C(O)CC(=O)C1CCCCCCC(=O)O. The fraction of sp³-hybridized carbons (Fsp3) is 0.818. The normalized spacial score (nSPS) is 24.6. The van der Waals surface area contributed by atoms with Gasteiger partial charge >= 0.3 is 5.97 Å². The zero-order valence-corrected chi connectivity index (χ0v) is 17.2. The van der Waals surface area contributed by atoms with Gasteiger partial charge in [0.2, 0.25) is 0 Å². The molecule has 0 spiro atoms. The molecular weight excluding hydrogens is 344 g/mol. The van der Waals surface area contributed by atoms with Crippen molar-refractivity contribution < 1.29 is 24.9 Å². The minimum absolute atomic E-state index is 0.0995. The lowest BCUT2D eigenvalue weighted by atomic mass is 9.80. The van der Waals surface area contributed by atoms with Gasteiger partial charge in [-0.25, -0.2) is 0 Å². The molecule has 0 aromatic rings. The van der Waals surface area contributed by atoms with Gasteiger partial charge < -0.3 is 15.3 Å². The summed E-state index contributed by atoms with van der Waals surface area (Å²) in [6.45, 7) is 6.22. The molecule has 4 unspecified atom stereocenters. The van der Waals surface area contributed by atoms with E-state index in [1.165, 1.54) is 0 Å². The molecule has 0 saturated heterocycles. The summed E-state index contributed by atoms with van der Waals surface area (Å²) in [4.78, 5) is 22.8. The molecule has 1 aliphatic rings. The highest BCUT2D eigenvalue weighted by Gasteiger charge is 2.39. The highest BCUT2D eigenvalue weighted by molar-refractivity contribution is 5.84. The second-order valence-corrected chi connectivity index (χ2v) is 8.69. The van der Waals surface area contributed by atoms with Crippen LogP contribution in [0.3, 0.4) is 0 Å². The van der Waals surface area contributed by atoms with Crippen LogP contribution in [-0.4, -0.2) is 39.3 Å². The van der Waals surface area contributed by atoms with Crippen LogP contribution < -0.4 is 0 Å². The molecule has 0 aliphatic heterocycles. The third kappa shape index (κ3) is 8.14. The summed E-state index contributed by atoms with van der Waals surface area (Å²) < 4.78 is 0. The second-order valence-electron chi connectivity index (χ2n) is 8.69. The van der Waals surface area contributed by atoms with Gasteiger partial charge in [0.05, 0.1) is 12.2 Å². The Kier molecular flexibility index (Phi) is 10.2. The first-order valence-corrected chi connectivity index (χ1v) is 10.5. The molecule has 0 aromatic heterocycles. The van der Waals surface area contributed by atoms with Gasteiger partial charge in [0.15, 0.2) is 0 Å². The van der Waals surface area contributed by atoms with Gasteiger partial charge in [-0.2, -0.15) is 0 Å². The van der Waals surface area contributed by atoms with E-state index < -0.39 is 18.2 Å². The van der Waals surface area contributed by atoms with E-state index >= 15 is 0 Å². The fourth-order valence-electron chi connectivity index (χ4n) is 3.86. The van der Waals surface area contributed by atoms with Crippen molar-refractivity contribution in [1.82, 2.24) is 0 Å². The summed E-state index contributed by atoms with van der Waals surface area (Å²) in [5.74, 6) is -1.09. The molecule has 5 nitrogen and oxygen atoms in total. The summed E-state index contributed by atoms with van der Waals surface area (Å²) >= 11 is 0. The van der Waals surface area contributed by atoms with E-state index in [-0.39, 0.29) is 35.9 Å². The van der Waals surface area contributed by atoms with Crippen molar-refractivity contribution in [3.05, 3.63) is 12.2 Å². The Balaban J connectivity index is 2.55. The van der Waals surface area contributed by atoms with Crippen LogP contribution >= 0.6 is 0 Å². The van der Waals surface area contributed by atoms with Crippen LogP contribution in [0.1, 0.15) is 85.0 Å². The van der Waals surface area contributed by atoms with Crippen molar-refractivity contribution in [2.75, 3.05) is 0 Å². The first-order chi connectivity index (χ1) is 12.7. The zero-order chi connectivity index (χ0) is 20.4. The van der Waals surface area contributed by atoms with Crippen molar-refractivity contribution in [3.8, 4) is 0 Å². The number of carbonyl (C=O) groups is 2. The molecule has 156 valence electrons. The molecule has 27 heavy (non-hydrogen) atoms. The molecule has 0 amide bonds. The topological polar surface area (TPSA) is 94.8 Å². The standard InChI is InChI=1S/C22H38O5/c1-4-5-14-22(2,3)20(25)13-12-17-16(18(23)15-19(17)24)10-8-6-7-9-11-21(26)27/h12-13,16-17,19-20,24-25H,4-11,14-15H2,1-3H3,(H,26,27). The minimum atomic E-state index is -0.769. The number of aliphatic hydroxyl groups excluding tert-OH is 2. The van der Waals surface area contributed by atoms with Crippen molar-refractivity contribution in [2.24, 2.45) is 17.3 Å². The number of ketones is 1. The Morgan fingerprint density at radius 2 is 1.89 bits per heavy atom. The van der Waals surface area contributed by atoms with Crippen molar-refractivity contribution in [1.29, 1.82) is 0 Å². The number of unbranched alkanes of at least 4 members (excludes halogenated alkanes) is 4. The van der Waals surface area contributed by atoms with Crippen LogP contribution in [0, 0.1) is 17.3 Å². The van der Waals surface area contributed by atoms with Crippen LogP contribution in [0.15, 0.2) is 12.2 Å². The molecule has 3 N–H and O–H groups in total. The summed E-state index contributed by atoms with van der Waals surface area (Å²) in [5.41, 5.74) is -0.223. The number of aliphatic carboxylic acids is 1. The smallest absolute Gasteiger partial charge is 0.303 e. The van der Waals surface area contributed by atoms with Gasteiger partial charge in [-0.15, -0.1) is 0 Å². The van der Waals surface area contributed by atoms with Crippen LogP contribution in [-0.2, 0) is 9.59 Å². The Labute approximate surface area is 163 Å². The molecule has 1 aliphatic carbocycles. The molecule has 0 aromatic carbocycles. The maximum absolute atomic E-state index is 12.3. The van der Waals surface area contributed by atoms with E-state index in [0.717, 1.165) is 38.5 Å². The Morgan fingerprint density at radius 1 is 1.22 bits per heavy atom. The Bertz CT molecular complexity index is 497. The predicted octanol–water partition coefficient (Wildman–Crippen LogP) is 4.11. The number of carboxylic acids is 1. The zero-order valence-electron chi connectivity index (χ0n) is 17.2. The van der Waals surface area contributed by atoms with Gasteiger partial charge in [-0.3, -0.25) is 9.59 Å². The molecule has 0 radical (unpaired) electrons. The third-order valence-electron chi connectivity index (χ3n) is 5.88. The van der Waals surface area contributed by atoms with E-state index in [4.69, 9.17) is 5.11 Å². The predicted molar refractivity (Wildman–Crippen MR) is 106 cm³/mol. The number of Topliss-reactive ketones (excluding diaryl/α,β-unsaturated/α-hetero) is 1. The number of carboxylic acid groups (broad SMARTS) is 1. The van der Waals surface area contributed by atoms with Gasteiger partial charge in [0.25, 0.3) is 0 Å². The van der Waals surface area contributed by atoms with Crippen LogP contribution in [0.5, 0.6) is 0 Å². The maximum Gasteiger partial charge on any atom is 0.303 e. The minimum Gasteiger partial charge on any atom is -0.481 e. The molecular formula is C22H38O5. The lowest BCUT2D eigenvalue weighted by Gasteiger charge is -2.29. The summed E-state index contributed by atoms with van der Waals surface area (Å²) in [7, 11) is 0. The average Bonchev–Trinajstić information content (AvgIpc) is 2.86. The maximum atomic E-state index is 12.3. The highest BCUT2D eigenvalue weighted by atomic mass is 16.4. The third-order valence-corrected chi connectivity index (χ3v) is 5.88. The Hall–Kier alpha value is -1.20. The lowest BCUT2D eigenvalue weighted by molar-refractivity contribution is -0.137. The molecule has 0 bridgehead atoms. The van der Waals surface area contributed by atoms with Crippen molar-refractivity contribution in [2.45, 2.75) is 97.2 Å². The number of rotatable bonds is 13. The average molecular weight is 383 g/mol. The first-order valence-electron chi connectivity index (χ1n) is 10.5. The first kappa shape index (κ1) is 23.8. The number of aliphatic hydroxyl groups is 2. The quantitative estimate of drug-likeness (QED) is 0.329. The molecule has 1 rings (SSSR count). The van der Waals surface area contributed by atoms with E-state index in [9.17, 15) is 19.8 Å². The van der Waals surface area contributed by atoms with Crippen LogP contribution in [0.25, 0.3) is 0 Å². The Morgan fingerprint density at radius 3 is 2.52 bits per heavy atom. The highest BCUT2D eigenvalue weighted by Crippen LogP contribution is 2.35. The monoisotopic (exact) mass is 382 g/mol. The molecule has 1 fully saturated rings. The van der Waals surface area contributed by atoms with Crippen LogP contribution in [0.4, 0.5) is 0 Å². The van der Waals surface area contributed by atoms with E-state index in [1.807, 2.05) is 19.9 Å². The molecule has 5 heteroatoms. The fourth-order valence-corrected chi connectivity index (χ4v) is 3.86. The largest absolute Gasteiger partial charge is 0.481 e. The summed E-state index contributed by atoms with van der Waals surface area (Å²) in [5, 5.41) is 29.4. The van der Waals surface area contributed by atoms with E-state index in [2.05, 4.69) is 6.92 Å². The van der Waals surface area contributed by atoms with Crippen molar-refractivity contribution >= 4 is 11.8 Å².